The van der Waals surface area contributed by atoms with Crippen LogP contribution in [0.1, 0.15) is 42.1 Å². The molecule has 1 aromatic heterocycles. The Balaban J connectivity index is 1.49. The molecule has 1 fully saturated rings. The molecule has 4 rings (SSSR count). The van der Waals surface area contributed by atoms with E-state index in [-0.39, 0.29) is 21.8 Å². The molecule has 0 radical (unpaired) electrons. The van der Waals surface area contributed by atoms with E-state index in [0.29, 0.717) is 24.2 Å². The van der Waals surface area contributed by atoms with Crippen molar-refractivity contribution in [3.8, 4) is 11.5 Å². The van der Waals surface area contributed by atoms with Gasteiger partial charge in [0.25, 0.3) is 5.22 Å². The van der Waals surface area contributed by atoms with Crippen LogP contribution in [0.15, 0.2) is 63.1 Å². The summed E-state index contributed by atoms with van der Waals surface area (Å²) in [6.45, 7) is 4.85. The van der Waals surface area contributed by atoms with Gasteiger partial charge in [-0.3, -0.25) is 4.79 Å². The highest BCUT2D eigenvalue weighted by atomic mass is 32.2. The van der Waals surface area contributed by atoms with Crippen LogP contribution in [0.4, 0.5) is 0 Å². The number of rotatable bonds is 7. The van der Waals surface area contributed by atoms with Crippen LogP contribution in [0.3, 0.4) is 0 Å². The van der Waals surface area contributed by atoms with Crippen molar-refractivity contribution in [2.45, 2.75) is 48.5 Å². The van der Waals surface area contributed by atoms with Crippen LogP contribution in [-0.2, 0) is 10.0 Å². The highest BCUT2D eigenvalue weighted by Gasteiger charge is 2.27. The van der Waals surface area contributed by atoms with E-state index < -0.39 is 15.3 Å². The quantitative estimate of drug-likeness (QED) is 0.368. The second kappa shape index (κ2) is 9.56. The largest absolute Gasteiger partial charge is 0.411 e. The number of ketones is 1. The molecular weight excluding hydrogens is 446 g/mol. The first-order valence-corrected chi connectivity index (χ1v) is 12.9. The minimum absolute atomic E-state index is 0.0237. The number of aromatic nitrogens is 2. The maximum absolute atomic E-state index is 13.0. The fraction of sp³-hybridized carbons (Fsp3) is 0.348. The van der Waals surface area contributed by atoms with E-state index in [0.717, 1.165) is 24.8 Å². The molecule has 2 aromatic carbocycles. The summed E-state index contributed by atoms with van der Waals surface area (Å²) in [5, 5.41) is 7.96. The third kappa shape index (κ3) is 4.95. The molecule has 1 atom stereocenters. The molecule has 2 heterocycles. The Labute approximate surface area is 192 Å². The van der Waals surface area contributed by atoms with E-state index in [1.54, 1.807) is 31.2 Å². The lowest BCUT2D eigenvalue weighted by Gasteiger charge is -2.25. The number of Topliss-reactive ketones (excluding diaryl/α,β-unsaturated/α-hetero) is 1. The lowest BCUT2D eigenvalue weighted by atomic mass is 10.1. The molecule has 0 N–H and O–H groups in total. The van der Waals surface area contributed by atoms with Crippen molar-refractivity contribution in [1.82, 2.24) is 14.5 Å². The minimum Gasteiger partial charge on any atom is -0.411 e. The SMILES string of the molecule is Cc1ccc(C(=O)[C@@H](C)Sc2nnc(-c3cccc(S(=O)(=O)N4CCCCC4)c3)o2)cc1. The number of aryl methyl sites for hydroxylation is 1. The number of nitrogens with zero attached hydrogens (tertiary/aromatic N) is 3. The van der Waals surface area contributed by atoms with Crippen LogP contribution in [0.25, 0.3) is 11.5 Å². The van der Waals surface area contributed by atoms with Gasteiger partial charge in [-0.1, -0.05) is 54.1 Å². The van der Waals surface area contributed by atoms with E-state index in [1.165, 1.54) is 16.1 Å². The van der Waals surface area contributed by atoms with E-state index in [1.807, 2.05) is 31.2 Å². The van der Waals surface area contributed by atoms with Gasteiger partial charge >= 0.3 is 0 Å². The lowest BCUT2D eigenvalue weighted by Crippen LogP contribution is -2.35. The van der Waals surface area contributed by atoms with Gasteiger partial charge in [-0.25, -0.2) is 8.42 Å². The van der Waals surface area contributed by atoms with Crippen molar-refractivity contribution in [3.05, 3.63) is 59.7 Å². The van der Waals surface area contributed by atoms with Crippen molar-refractivity contribution in [2.24, 2.45) is 0 Å². The van der Waals surface area contributed by atoms with Crippen molar-refractivity contribution >= 4 is 27.6 Å². The number of carbonyl (C=O) groups is 1. The second-order valence-electron chi connectivity index (χ2n) is 7.86. The molecule has 0 amide bonds. The number of hydrogen-bond donors (Lipinski definition) is 0. The number of thioether (sulfide) groups is 1. The van der Waals surface area contributed by atoms with E-state index in [9.17, 15) is 13.2 Å². The van der Waals surface area contributed by atoms with Gasteiger partial charge in [0, 0.05) is 24.2 Å². The second-order valence-corrected chi connectivity index (χ2v) is 11.1. The molecule has 9 heteroatoms. The molecule has 3 aromatic rings. The monoisotopic (exact) mass is 471 g/mol. The average molecular weight is 472 g/mol. The van der Waals surface area contributed by atoms with Crippen molar-refractivity contribution in [2.75, 3.05) is 13.1 Å². The summed E-state index contributed by atoms with van der Waals surface area (Å²) in [4.78, 5) is 12.9. The van der Waals surface area contributed by atoms with Crippen LogP contribution < -0.4 is 0 Å². The van der Waals surface area contributed by atoms with Crippen molar-refractivity contribution in [3.63, 3.8) is 0 Å². The Morgan fingerprint density at radius 2 is 1.78 bits per heavy atom. The summed E-state index contributed by atoms with van der Waals surface area (Å²) >= 11 is 1.18. The van der Waals surface area contributed by atoms with Gasteiger partial charge in [0.2, 0.25) is 15.9 Å². The molecule has 1 saturated heterocycles. The van der Waals surface area contributed by atoms with Gasteiger partial charge in [-0.2, -0.15) is 4.31 Å². The van der Waals surface area contributed by atoms with Crippen LogP contribution >= 0.6 is 11.8 Å². The van der Waals surface area contributed by atoms with Crippen LogP contribution in [0.5, 0.6) is 0 Å². The number of hydrogen-bond acceptors (Lipinski definition) is 7. The zero-order chi connectivity index (χ0) is 22.7. The molecule has 1 aliphatic heterocycles. The topological polar surface area (TPSA) is 93.4 Å². The Kier molecular flexibility index (Phi) is 6.78. The maximum Gasteiger partial charge on any atom is 0.277 e. The molecule has 0 saturated carbocycles. The molecule has 7 nitrogen and oxygen atoms in total. The molecule has 168 valence electrons. The number of benzene rings is 2. The molecule has 0 bridgehead atoms. The van der Waals surface area contributed by atoms with Gasteiger partial charge in [-0.15, -0.1) is 10.2 Å². The zero-order valence-corrected chi connectivity index (χ0v) is 19.7. The molecule has 32 heavy (non-hydrogen) atoms. The molecular formula is C23H25N3O4S2. The Morgan fingerprint density at radius 3 is 2.50 bits per heavy atom. The highest BCUT2D eigenvalue weighted by molar-refractivity contribution is 8.00. The predicted octanol–water partition coefficient (Wildman–Crippen LogP) is 4.58. The van der Waals surface area contributed by atoms with E-state index in [4.69, 9.17) is 4.42 Å². The maximum atomic E-state index is 13.0. The van der Waals surface area contributed by atoms with Crippen LogP contribution in [-0.4, -0.2) is 47.0 Å². The summed E-state index contributed by atoms with van der Waals surface area (Å²) in [6, 6.07) is 14.0. The number of sulfonamides is 1. The first kappa shape index (κ1) is 22.7. The van der Waals surface area contributed by atoms with Crippen molar-refractivity contribution in [1.29, 1.82) is 0 Å². The predicted molar refractivity (Wildman–Crippen MR) is 123 cm³/mol. The molecule has 1 aliphatic rings. The smallest absolute Gasteiger partial charge is 0.277 e. The van der Waals surface area contributed by atoms with Crippen LogP contribution in [0.2, 0.25) is 0 Å². The third-order valence-electron chi connectivity index (χ3n) is 5.42. The third-order valence-corrected chi connectivity index (χ3v) is 8.25. The summed E-state index contributed by atoms with van der Waals surface area (Å²) in [7, 11) is -3.56. The molecule has 0 aliphatic carbocycles. The summed E-state index contributed by atoms with van der Waals surface area (Å²) < 4.78 is 33.2. The zero-order valence-electron chi connectivity index (χ0n) is 18.0. The number of carbonyl (C=O) groups excluding carboxylic acids is 1. The van der Waals surface area contributed by atoms with Gasteiger partial charge in [0.05, 0.1) is 10.1 Å². The first-order valence-electron chi connectivity index (χ1n) is 10.6. The minimum atomic E-state index is -3.56. The van der Waals surface area contributed by atoms with Gasteiger partial charge in [0.1, 0.15) is 0 Å². The summed E-state index contributed by atoms with van der Waals surface area (Å²) in [5.41, 5.74) is 2.25. The fourth-order valence-corrected chi connectivity index (χ4v) is 5.90. The molecule has 0 spiro atoms. The average Bonchev–Trinajstić information content (AvgIpc) is 3.28. The summed E-state index contributed by atoms with van der Waals surface area (Å²) in [6.07, 6.45) is 2.81. The van der Waals surface area contributed by atoms with E-state index in [2.05, 4.69) is 10.2 Å². The first-order chi connectivity index (χ1) is 15.3. The Hall–Kier alpha value is -2.49. The normalized spacial score (nSPS) is 16.1. The van der Waals surface area contributed by atoms with Gasteiger partial charge < -0.3 is 4.42 Å². The Bertz CT molecular complexity index is 1200. The Morgan fingerprint density at radius 1 is 1.06 bits per heavy atom. The highest BCUT2D eigenvalue weighted by Crippen LogP contribution is 2.29. The summed E-state index contributed by atoms with van der Waals surface area (Å²) in [5.74, 6) is 0.197. The van der Waals surface area contributed by atoms with Gasteiger partial charge in [-0.05, 0) is 44.9 Å². The standard InChI is InChI=1S/C23H25N3O4S2/c1-16-9-11-18(12-10-16)21(27)17(2)31-23-25-24-22(30-23)19-7-6-8-20(15-19)32(28,29)26-13-4-3-5-14-26/h6-12,15,17H,3-5,13-14H2,1-2H3/t17-/m1/s1. The van der Waals surface area contributed by atoms with Crippen molar-refractivity contribution < 1.29 is 17.6 Å². The van der Waals surface area contributed by atoms with E-state index >= 15 is 0 Å². The van der Waals surface area contributed by atoms with Crippen LogP contribution in [0, 0.1) is 6.92 Å². The number of piperidine rings is 1. The molecule has 0 unspecified atom stereocenters. The van der Waals surface area contributed by atoms with Gasteiger partial charge in [0.15, 0.2) is 5.78 Å². The fourth-order valence-electron chi connectivity index (χ4n) is 3.58. The lowest BCUT2D eigenvalue weighted by molar-refractivity contribution is 0.0993.